The highest BCUT2D eigenvalue weighted by atomic mass is 79.9. The molecule has 0 unspecified atom stereocenters. The number of carbonyl (C=O) groups excluding carboxylic acids is 1. The van der Waals surface area contributed by atoms with Gasteiger partial charge in [-0.1, -0.05) is 12.1 Å². The lowest BCUT2D eigenvalue weighted by Crippen LogP contribution is -2.49. The van der Waals surface area contributed by atoms with E-state index in [0.29, 0.717) is 27.7 Å². The Morgan fingerprint density at radius 3 is 2.75 bits per heavy atom. The minimum absolute atomic E-state index is 0.127. The summed E-state index contributed by atoms with van der Waals surface area (Å²) < 4.78 is 14.1. The summed E-state index contributed by atoms with van der Waals surface area (Å²) in [6, 6.07) is 6.26. The number of halogens is 2. The van der Waals surface area contributed by atoms with E-state index in [0.717, 1.165) is 5.69 Å². The molecule has 5 heteroatoms. The maximum Gasteiger partial charge on any atom is 0.254 e. The van der Waals surface area contributed by atoms with Gasteiger partial charge in [0.05, 0.1) is 10.2 Å². The molecule has 0 fully saturated rings. The highest BCUT2D eigenvalue weighted by Crippen LogP contribution is 2.37. The number of nitrogens with one attached hydrogen (secondary N) is 2. The molecule has 0 bridgehead atoms. The maximum absolute atomic E-state index is 13.4. The van der Waals surface area contributed by atoms with Gasteiger partial charge in [0.25, 0.3) is 5.91 Å². The fourth-order valence-electron chi connectivity index (χ4n) is 2.67. The van der Waals surface area contributed by atoms with Gasteiger partial charge in [-0.3, -0.25) is 4.79 Å². The number of carbonyl (C=O) groups is 1. The Bertz CT molecular complexity index is 706. The van der Waals surface area contributed by atoms with Crippen LogP contribution in [0, 0.1) is 5.82 Å². The molecular weight excluding hydrogens is 323 g/mol. The molecule has 0 atom stereocenters. The molecule has 2 heterocycles. The SMILES string of the molecule is CC1(C)Cc2[nH]c(Br)c(-c3cccc(F)c3)c2C(=O)N1. The van der Waals surface area contributed by atoms with E-state index >= 15 is 0 Å². The molecule has 3 nitrogen and oxygen atoms in total. The number of benzene rings is 1. The van der Waals surface area contributed by atoms with Gasteiger partial charge in [-0.25, -0.2) is 4.39 Å². The first-order valence-electron chi connectivity index (χ1n) is 6.36. The molecule has 20 heavy (non-hydrogen) atoms. The quantitative estimate of drug-likeness (QED) is 0.820. The van der Waals surface area contributed by atoms with Crippen molar-refractivity contribution in [1.82, 2.24) is 10.3 Å². The number of amides is 1. The Labute approximate surface area is 124 Å². The second-order valence-electron chi connectivity index (χ2n) is 5.69. The molecular formula is C15H14BrFN2O. The van der Waals surface area contributed by atoms with Crippen LogP contribution in [-0.4, -0.2) is 16.4 Å². The molecule has 0 radical (unpaired) electrons. The average Bonchev–Trinajstić information content (AvgIpc) is 2.63. The average molecular weight is 337 g/mol. The Morgan fingerprint density at radius 1 is 1.30 bits per heavy atom. The van der Waals surface area contributed by atoms with Crippen molar-refractivity contribution in [3.8, 4) is 11.1 Å². The second-order valence-corrected chi connectivity index (χ2v) is 6.49. The van der Waals surface area contributed by atoms with E-state index in [1.807, 2.05) is 13.8 Å². The fourth-order valence-corrected chi connectivity index (χ4v) is 3.34. The molecule has 1 aliphatic rings. The van der Waals surface area contributed by atoms with Crippen molar-refractivity contribution < 1.29 is 9.18 Å². The highest BCUT2D eigenvalue weighted by molar-refractivity contribution is 9.10. The number of rotatable bonds is 1. The third kappa shape index (κ3) is 2.16. The van der Waals surface area contributed by atoms with Crippen LogP contribution in [0.15, 0.2) is 28.9 Å². The van der Waals surface area contributed by atoms with Crippen molar-refractivity contribution in [2.24, 2.45) is 0 Å². The summed E-state index contributed by atoms with van der Waals surface area (Å²) in [5.74, 6) is -0.446. The van der Waals surface area contributed by atoms with Crippen LogP contribution in [0.1, 0.15) is 29.9 Å². The lowest BCUT2D eigenvalue weighted by atomic mass is 9.89. The van der Waals surface area contributed by atoms with Crippen molar-refractivity contribution in [3.63, 3.8) is 0 Å². The van der Waals surface area contributed by atoms with Crippen molar-refractivity contribution in [2.75, 3.05) is 0 Å². The van der Waals surface area contributed by atoms with Crippen LogP contribution in [0.25, 0.3) is 11.1 Å². The Hall–Kier alpha value is -1.62. The number of H-pyrrole nitrogens is 1. The van der Waals surface area contributed by atoms with Gasteiger partial charge < -0.3 is 10.3 Å². The van der Waals surface area contributed by atoms with E-state index in [4.69, 9.17) is 0 Å². The summed E-state index contributed by atoms with van der Waals surface area (Å²) in [5.41, 5.74) is 2.59. The van der Waals surface area contributed by atoms with Crippen molar-refractivity contribution in [1.29, 1.82) is 0 Å². The number of hydrogen-bond donors (Lipinski definition) is 2. The predicted molar refractivity (Wildman–Crippen MR) is 79.1 cm³/mol. The predicted octanol–water partition coefficient (Wildman–Crippen LogP) is 3.65. The molecule has 0 spiro atoms. The molecule has 3 rings (SSSR count). The number of aromatic amines is 1. The lowest BCUT2D eigenvalue weighted by Gasteiger charge is -2.30. The first-order chi connectivity index (χ1) is 9.37. The topological polar surface area (TPSA) is 44.9 Å². The van der Waals surface area contributed by atoms with Crippen LogP contribution in [0.2, 0.25) is 0 Å². The molecule has 0 aliphatic carbocycles. The molecule has 1 aromatic carbocycles. The first kappa shape index (κ1) is 13.4. The molecule has 2 aromatic rings. The van der Waals surface area contributed by atoms with Gasteiger partial charge in [0.15, 0.2) is 0 Å². The maximum atomic E-state index is 13.4. The monoisotopic (exact) mass is 336 g/mol. The largest absolute Gasteiger partial charge is 0.352 e. The minimum atomic E-state index is -0.319. The third-order valence-electron chi connectivity index (χ3n) is 3.44. The zero-order chi connectivity index (χ0) is 14.5. The van der Waals surface area contributed by atoms with Gasteiger partial charge in [-0.2, -0.15) is 0 Å². The smallest absolute Gasteiger partial charge is 0.254 e. The standard InChI is InChI=1S/C15H14BrFN2O/c1-15(2)7-10-12(14(20)19-15)11(13(16)18-10)8-4-3-5-9(17)6-8/h3-6,18H,7H2,1-2H3,(H,19,20). The molecule has 0 saturated carbocycles. The van der Waals surface area contributed by atoms with Crippen molar-refractivity contribution in [2.45, 2.75) is 25.8 Å². The molecule has 1 aromatic heterocycles. The molecule has 1 aliphatic heterocycles. The van der Waals surface area contributed by atoms with Crippen LogP contribution < -0.4 is 5.32 Å². The van der Waals surface area contributed by atoms with Gasteiger partial charge in [-0.05, 0) is 47.5 Å². The highest BCUT2D eigenvalue weighted by Gasteiger charge is 2.34. The van der Waals surface area contributed by atoms with E-state index in [2.05, 4.69) is 26.2 Å². The second kappa shape index (κ2) is 4.45. The summed E-state index contributed by atoms with van der Waals surface area (Å²) in [6.07, 6.45) is 0.710. The number of fused-ring (bicyclic) bond motifs is 1. The van der Waals surface area contributed by atoms with E-state index in [1.165, 1.54) is 12.1 Å². The molecule has 2 N–H and O–H groups in total. The van der Waals surface area contributed by atoms with Crippen LogP contribution in [0.3, 0.4) is 0 Å². The summed E-state index contributed by atoms with van der Waals surface area (Å²) in [7, 11) is 0. The first-order valence-corrected chi connectivity index (χ1v) is 7.15. The number of aromatic nitrogens is 1. The van der Waals surface area contributed by atoms with Crippen LogP contribution in [0.4, 0.5) is 4.39 Å². The summed E-state index contributed by atoms with van der Waals surface area (Å²) in [5, 5.41) is 2.98. The summed E-state index contributed by atoms with van der Waals surface area (Å²) in [6.45, 7) is 3.95. The van der Waals surface area contributed by atoms with Gasteiger partial charge in [0.2, 0.25) is 0 Å². The zero-order valence-electron chi connectivity index (χ0n) is 11.2. The van der Waals surface area contributed by atoms with E-state index in [-0.39, 0.29) is 17.3 Å². The fraction of sp³-hybridized carbons (Fsp3) is 0.267. The van der Waals surface area contributed by atoms with Crippen LogP contribution >= 0.6 is 15.9 Å². The van der Waals surface area contributed by atoms with Crippen molar-refractivity contribution in [3.05, 3.63) is 45.9 Å². The van der Waals surface area contributed by atoms with Crippen molar-refractivity contribution >= 4 is 21.8 Å². The zero-order valence-corrected chi connectivity index (χ0v) is 12.8. The van der Waals surface area contributed by atoms with E-state index in [9.17, 15) is 9.18 Å². The lowest BCUT2D eigenvalue weighted by molar-refractivity contribution is 0.0897. The minimum Gasteiger partial charge on any atom is -0.352 e. The van der Waals surface area contributed by atoms with Crippen LogP contribution in [0.5, 0.6) is 0 Å². The van der Waals surface area contributed by atoms with Gasteiger partial charge in [-0.15, -0.1) is 0 Å². The molecule has 0 saturated heterocycles. The molecule has 1 amide bonds. The Kier molecular flexibility index (Phi) is 2.97. The summed E-state index contributed by atoms with van der Waals surface area (Å²) >= 11 is 3.45. The third-order valence-corrected chi connectivity index (χ3v) is 4.04. The number of hydrogen-bond acceptors (Lipinski definition) is 1. The Balaban J connectivity index is 2.20. The van der Waals surface area contributed by atoms with Crippen LogP contribution in [-0.2, 0) is 6.42 Å². The van der Waals surface area contributed by atoms with Gasteiger partial charge >= 0.3 is 0 Å². The Morgan fingerprint density at radius 2 is 2.05 bits per heavy atom. The van der Waals surface area contributed by atoms with Gasteiger partial charge in [0.1, 0.15) is 5.82 Å². The normalized spacial score (nSPS) is 16.7. The van der Waals surface area contributed by atoms with E-state index < -0.39 is 0 Å². The summed E-state index contributed by atoms with van der Waals surface area (Å²) in [4.78, 5) is 15.6. The van der Waals surface area contributed by atoms with Gasteiger partial charge in [0, 0.05) is 23.2 Å². The molecule has 104 valence electrons. The van der Waals surface area contributed by atoms with E-state index in [1.54, 1.807) is 12.1 Å².